The van der Waals surface area contributed by atoms with Gasteiger partial charge in [-0.15, -0.1) is 0 Å². The molecule has 1 rings (SSSR count). The van der Waals surface area contributed by atoms with Crippen molar-refractivity contribution in [3.8, 4) is 0 Å². The third-order valence-corrected chi connectivity index (χ3v) is 1.78. The Morgan fingerprint density at radius 3 is 3.00 bits per heavy atom. The Hall–Kier alpha value is -0.300. The molecule has 0 aromatic carbocycles. The predicted octanol–water partition coefficient (Wildman–Crippen LogP) is 2.51. The molecular formula is C7H9S. The monoisotopic (exact) mass is 125 g/mol. The average molecular weight is 125 g/mol. The largest absolute Gasteiger partial charge is 0.152 e. The summed E-state index contributed by atoms with van der Waals surface area (Å²) in [6.45, 7) is 3.77. The summed E-state index contributed by atoms with van der Waals surface area (Å²) in [5.74, 6) is 0. The summed E-state index contributed by atoms with van der Waals surface area (Å²) >= 11 is 1.75. The van der Waals surface area contributed by atoms with Crippen molar-refractivity contribution >= 4 is 11.3 Å². The van der Waals surface area contributed by atoms with E-state index < -0.39 is 0 Å². The van der Waals surface area contributed by atoms with Gasteiger partial charge in [0.1, 0.15) is 0 Å². The minimum atomic E-state index is 1.01. The Morgan fingerprint density at radius 1 is 1.62 bits per heavy atom. The highest BCUT2D eigenvalue weighted by atomic mass is 32.1. The highest BCUT2D eigenvalue weighted by molar-refractivity contribution is 7.07. The Morgan fingerprint density at radius 2 is 2.50 bits per heavy atom. The van der Waals surface area contributed by atoms with E-state index in [-0.39, 0.29) is 0 Å². The first-order valence-electron chi connectivity index (χ1n) is 2.74. The highest BCUT2D eigenvalue weighted by Crippen LogP contribution is 2.07. The zero-order chi connectivity index (χ0) is 5.82. The van der Waals surface area contributed by atoms with Crippen molar-refractivity contribution in [1.29, 1.82) is 0 Å². The van der Waals surface area contributed by atoms with Crippen LogP contribution in [0.25, 0.3) is 0 Å². The lowest BCUT2D eigenvalue weighted by molar-refractivity contribution is 1.01. The van der Waals surface area contributed by atoms with Crippen LogP contribution in [-0.4, -0.2) is 0 Å². The molecule has 0 aliphatic rings. The summed E-state index contributed by atoms with van der Waals surface area (Å²) in [7, 11) is 0. The maximum atomic E-state index is 3.77. The molecule has 0 saturated heterocycles. The van der Waals surface area contributed by atoms with Crippen LogP contribution in [0, 0.1) is 6.92 Å². The minimum Gasteiger partial charge on any atom is -0.152 e. The SMILES string of the molecule is [CH2]CCc1ccsc1. The van der Waals surface area contributed by atoms with Gasteiger partial charge in [-0.3, -0.25) is 0 Å². The van der Waals surface area contributed by atoms with Crippen LogP contribution in [-0.2, 0) is 6.42 Å². The van der Waals surface area contributed by atoms with E-state index in [2.05, 4.69) is 23.8 Å². The lowest BCUT2D eigenvalue weighted by atomic mass is 10.2. The van der Waals surface area contributed by atoms with Gasteiger partial charge in [0.15, 0.2) is 0 Å². The van der Waals surface area contributed by atoms with E-state index in [0.717, 1.165) is 12.8 Å². The van der Waals surface area contributed by atoms with E-state index in [1.54, 1.807) is 11.3 Å². The molecule has 43 valence electrons. The maximum Gasteiger partial charge on any atom is -0.00613 e. The van der Waals surface area contributed by atoms with Crippen molar-refractivity contribution in [1.82, 2.24) is 0 Å². The van der Waals surface area contributed by atoms with Gasteiger partial charge in [-0.25, -0.2) is 0 Å². The van der Waals surface area contributed by atoms with Gasteiger partial charge in [0, 0.05) is 0 Å². The molecule has 8 heavy (non-hydrogen) atoms. The van der Waals surface area contributed by atoms with E-state index in [9.17, 15) is 0 Å². The molecule has 0 amide bonds. The molecule has 0 spiro atoms. The molecule has 1 radical (unpaired) electrons. The van der Waals surface area contributed by atoms with Gasteiger partial charge in [-0.1, -0.05) is 6.92 Å². The Balaban J connectivity index is 2.50. The molecule has 1 heterocycles. The second-order valence-corrected chi connectivity index (χ2v) is 2.52. The van der Waals surface area contributed by atoms with Gasteiger partial charge in [-0.2, -0.15) is 11.3 Å². The molecule has 0 N–H and O–H groups in total. The van der Waals surface area contributed by atoms with Crippen LogP contribution in [0.2, 0.25) is 0 Å². The van der Waals surface area contributed by atoms with Gasteiger partial charge >= 0.3 is 0 Å². The fraction of sp³-hybridized carbons (Fsp3) is 0.286. The van der Waals surface area contributed by atoms with Crippen LogP contribution in [0.5, 0.6) is 0 Å². The van der Waals surface area contributed by atoms with Crippen LogP contribution < -0.4 is 0 Å². The Labute approximate surface area is 54.2 Å². The van der Waals surface area contributed by atoms with Crippen molar-refractivity contribution in [2.45, 2.75) is 12.8 Å². The summed E-state index contributed by atoms with van der Waals surface area (Å²) in [6.07, 6.45) is 2.14. The number of hydrogen-bond acceptors (Lipinski definition) is 1. The van der Waals surface area contributed by atoms with Crippen LogP contribution in [0.1, 0.15) is 12.0 Å². The summed E-state index contributed by atoms with van der Waals surface area (Å²) in [5.41, 5.74) is 1.42. The second kappa shape index (κ2) is 2.88. The Bertz CT molecular complexity index is 130. The lowest BCUT2D eigenvalue weighted by Crippen LogP contribution is -1.74. The number of rotatable bonds is 2. The van der Waals surface area contributed by atoms with Gasteiger partial charge in [0.2, 0.25) is 0 Å². The average Bonchev–Trinajstić information content (AvgIpc) is 2.19. The summed E-state index contributed by atoms with van der Waals surface area (Å²) < 4.78 is 0. The molecule has 1 aromatic heterocycles. The molecule has 0 saturated carbocycles. The van der Waals surface area contributed by atoms with Gasteiger partial charge in [0.25, 0.3) is 0 Å². The van der Waals surface area contributed by atoms with E-state index >= 15 is 0 Å². The number of aryl methyl sites for hydroxylation is 1. The predicted molar refractivity (Wildman–Crippen MR) is 38.0 cm³/mol. The standard InChI is InChI=1S/C7H9S/c1-2-3-7-4-5-8-6-7/h4-6H,1-3H2. The first-order valence-corrected chi connectivity index (χ1v) is 3.68. The fourth-order valence-corrected chi connectivity index (χ4v) is 1.34. The molecule has 0 unspecified atom stereocenters. The molecule has 0 fully saturated rings. The Kier molecular flexibility index (Phi) is 2.10. The maximum absolute atomic E-state index is 3.77. The van der Waals surface area contributed by atoms with E-state index in [0.29, 0.717) is 0 Å². The summed E-state index contributed by atoms with van der Waals surface area (Å²) in [4.78, 5) is 0. The molecule has 0 aliphatic heterocycles. The second-order valence-electron chi connectivity index (χ2n) is 1.74. The van der Waals surface area contributed by atoms with Crippen LogP contribution in [0.15, 0.2) is 16.8 Å². The van der Waals surface area contributed by atoms with E-state index in [1.807, 2.05) is 0 Å². The smallest absolute Gasteiger partial charge is 0.00613 e. The summed E-state index contributed by atoms with van der Waals surface area (Å²) in [6, 6.07) is 2.15. The zero-order valence-corrected chi connectivity index (χ0v) is 5.58. The topological polar surface area (TPSA) is 0 Å². The van der Waals surface area contributed by atoms with Crippen LogP contribution in [0.4, 0.5) is 0 Å². The fourth-order valence-electron chi connectivity index (χ4n) is 0.639. The van der Waals surface area contributed by atoms with Gasteiger partial charge in [-0.05, 0) is 35.2 Å². The molecule has 1 aromatic rings. The molecular weight excluding hydrogens is 116 g/mol. The van der Waals surface area contributed by atoms with Crippen molar-refractivity contribution in [3.63, 3.8) is 0 Å². The van der Waals surface area contributed by atoms with Crippen molar-refractivity contribution in [3.05, 3.63) is 29.3 Å². The molecule has 1 heteroatoms. The van der Waals surface area contributed by atoms with Crippen LogP contribution >= 0.6 is 11.3 Å². The van der Waals surface area contributed by atoms with E-state index in [4.69, 9.17) is 0 Å². The molecule has 0 aliphatic carbocycles. The van der Waals surface area contributed by atoms with Gasteiger partial charge < -0.3 is 0 Å². The molecule has 0 atom stereocenters. The number of hydrogen-bond donors (Lipinski definition) is 0. The van der Waals surface area contributed by atoms with E-state index in [1.165, 1.54) is 5.56 Å². The van der Waals surface area contributed by atoms with Crippen molar-refractivity contribution < 1.29 is 0 Å². The highest BCUT2D eigenvalue weighted by Gasteiger charge is 1.86. The third kappa shape index (κ3) is 1.34. The third-order valence-electron chi connectivity index (χ3n) is 1.05. The van der Waals surface area contributed by atoms with Crippen molar-refractivity contribution in [2.75, 3.05) is 0 Å². The normalized spacial score (nSPS) is 9.62. The lowest BCUT2D eigenvalue weighted by Gasteiger charge is -1.86. The minimum absolute atomic E-state index is 1.01. The van der Waals surface area contributed by atoms with Crippen LogP contribution in [0.3, 0.4) is 0 Å². The van der Waals surface area contributed by atoms with Gasteiger partial charge in [0.05, 0.1) is 0 Å². The quantitative estimate of drug-likeness (QED) is 0.569. The molecule has 0 nitrogen and oxygen atoms in total. The zero-order valence-electron chi connectivity index (χ0n) is 4.76. The summed E-state index contributed by atoms with van der Waals surface area (Å²) in [5, 5.41) is 4.27. The number of thiophene rings is 1. The van der Waals surface area contributed by atoms with Crippen molar-refractivity contribution in [2.24, 2.45) is 0 Å². The first-order chi connectivity index (χ1) is 3.93. The first kappa shape index (κ1) is 5.83. The molecule has 0 bridgehead atoms.